The van der Waals surface area contributed by atoms with Gasteiger partial charge in [0, 0.05) is 5.56 Å². The Labute approximate surface area is 119 Å². The lowest BCUT2D eigenvalue weighted by molar-refractivity contribution is -1.01. The van der Waals surface area contributed by atoms with Gasteiger partial charge in [-0.05, 0) is 19.1 Å². The van der Waals surface area contributed by atoms with Crippen LogP contribution in [0.2, 0.25) is 0 Å². The molecule has 0 radical (unpaired) electrons. The third-order valence-corrected chi connectivity index (χ3v) is 3.98. The molecule has 1 aromatic heterocycles. The molecule has 1 aliphatic rings. The number of hydrogen-bond donors (Lipinski definition) is 2. The van der Waals surface area contributed by atoms with Crippen LogP contribution in [0.4, 0.5) is 0 Å². The van der Waals surface area contributed by atoms with Crippen LogP contribution in [0, 0.1) is 6.92 Å². The molecule has 0 unspecified atom stereocenters. The Hall–Kier alpha value is -1.72. The molecule has 1 fully saturated rings. The average Bonchev–Trinajstić information content (AvgIpc) is 2.91. The zero-order valence-electron chi connectivity index (χ0n) is 12.1. The van der Waals surface area contributed by atoms with Crippen LogP contribution in [0.25, 0.3) is 11.5 Å². The van der Waals surface area contributed by atoms with E-state index in [1.54, 1.807) is 4.90 Å². The second kappa shape index (κ2) is 5.73. The van der Waals surface area contributed by atoms with E-state index in [0.29, 0.717) is 5.89 Å². The molecule has 20 heavy (non-hydrogen) atoms. The van der Waals surface area contributed by atoms with Gasteiger partial charge >= 0.3 is 0 Å². The Morgan fingerprint density at radius 2 is 1.75 bits per heavy atom. The minimum absolute atomic E-state index is 0.624. The molecule has 1 aliphatic heterocycles. The Morgan fingerprint density at radius 3 is 2.45 bits per heavy atom. The molecule has 2 heterocycles. The fourth-order valence-corrected chi connectivity index (χ4v) is 2.56. The van der Waals surface area contributed by atoms with Crippen LogP contribution in [0.1, 0.15) is 11.5 Å². The average molecular weight is 274 g/mol. The molecule has 0 aliphatic carbocycles. The molecule has 5 heteroatoms. The van der Waals surface area contributed by atoms with E-state index >= 15 is 0 Å². The maximum atomic E-state index is 5.79. The van der Waals surface area contributed by atoms with Gasteiger partial charge in [-0.2, -0.15) is 0 Å². The third kappa shape index (κ3) is 3.05. The number of nitrogens with zero attached hydrogens (tertiary/aromatic N) is 2. The van der Waals surface area contributed by atoms with Crippen molar-refractivity contribution in [1.29, 1.82) is 0 Å². The van der Waals surface area contributed by atoms with Crippen molar-refractivity contribution in [2.75, 3.05) is 33.2 Å². The smallest absolute Gasteiger partial charge is 0.271 e. The molecule has 0 atom stereocenters. The zero-order valence-corrected chi connectivity index (χ0v) is 12.1. The fourth-order valence-electron chi connectivity index (χ4n) is 2.56. The molecular weight excluding hydrogens is 252 g/mol. The highest BCUT2D eigenvalue weighted by molar-refractivity contribution is 5.52. The maximum absolute atomic E-state index is 5.79. The normalized spacial score (nSPS) is 22.9. The first-order valence-electron chi connectivity index (χ1n) is 7.25. The van der Waals surface area contributed by atoms with Crippen LogP contribution in [0.5, 0.6) is 0 Å². The van der Waals surface area contributed by atoms with Crippen LogP contribution in [-0.2, 0) is 6.54 Å². The molecule has 5 nitrogen and oxygen atoms in total. The van der Waals surface area contributed by atoms with Gasteiger partial charge in [-0.15, -0.1) is 10.2 Å². The van der Waals surface area contributed by atoms with E-state index in [0.717, 1.165) is 18.0 Å². The third-order valence-electron chi connectivity index (χ3n) is 3.98. The predicted octanol–water partition coefficient (Wildman–Crippen LogP) is -1.04. The van der Waals surface area contributed by atoms with Gasteiger partial charge in [0.2, 0.25) is 5.89 Å². The highest BCUT2D eigenvalue weighted by Gasteiger charge is 2.22. The summed E-state index contributed by atoms with van der Waals surface area (Å²) in [6, 6.07) is 8.18. The number of aromatic nitrogens is 2. The molecule has 0 amide bonds. The first-order valence-corrected chi connectivity index (χ1v) is 7.25. The molecular formula is C15H22N4O+2. The number of aryl methyl sites for hydroxylation is 1. The van der Waals surface area contributed by atoms with E-state index in [1.165, 1.54) is 36.6 Å². The Balaban J connectivity index is 1.66. The van der Waals surface area contributed by atoms with Crippen molar-refractivity contribution >= 4 is 0 Å². The van der Waals surface area contributed by atoms with E-state index in [2.05, 4.69) is 36.3 Å². The maximum Gasteiger partial charge on any atom is 0.271 e. The van der Waals surface area contributed by atoms with E-state index in [4.69, 9.17) is 4.42 Å². The monoisotopic (exact) mass is 274 g/mol. The van der Waals surface area contributed by atoms with Crippen molar-refractivity contribution in [3.8, 4) is 11.5 Å². The molecule has 0 spiro atoms. The standard InChI is InChI=1S/C15H20N4O/c1-12-3-5-13(6-4-12)15-17-16-14(20-15)11-19-9-7-18(2)8-10-19/h3-6H,7-11H2,1-2H3/p+2. The quantitative estimate of drug-likeness (QED) is 0.751. The largest absolute Gasteiger partial charge is 0.415 e. The molecule has 106 valence electrons. The minimum Gasteiger partial charge on any atom is -0.415 e. The summed E-state index contributed by atoms with van der Waals surface area (Å²) in [5.74, 6) is 1.37. The minimum atomic E-state index is 0.624. The second-order valence-corrected chi connectivity index (χ2v) is 5.75. The van der Waals surface area contributed by atoms with Gasteiger partial charge in [0.1, 0.15) is 26.2 Å². The van der Waals surface area contributed by atoms with E-state index in [1.807, 2.05) is 12.1 Å². The lowest BCUT2D eigenvalue weighted by Gasteiger charge is -2.26. The first kappa shape index (κ1) is 13.3. The van der Waals surface area contributed by atoms with Gasteiger partial charge in [0.15, 0.2) is 6.54 Å². The molecule has 2 aromatic rings. The van der Waals surface area contributed by atoms with Crippen molar-refractivity contribution in [3.05, 3.63) is 35.7 Å². The predicted molar refractivity (Wildman–Crippen MR) is 75.5 cm³/mol. The van der Waals surface area contributed by atoms with Crippen LogP contribution in [-0.4, -0.2) is 43.4 Å². The Kier molecular flexibility index (Phi) is 3.80. The van der Waals surface area contributed by atoms with Crippen LogP contribution in [0.15, 0.2) is 28.7 Å². The molecule has 0 bridgehead atoms. The van der Waals surface area contributed by atoms with E-state index < -0.39 is 0 Å². The number of benzene rings is 1. The van der Waals surface area contributed by atoms with Gasteiger partial charge in [-0.25, -0.2) is 0 Å². The molecule has 1 aromatic carbocycles. The summed E-state index contributed by atoms with van der Waals surface area (Å²) < 4.78 is 5.79. The van der Waals surface area contributed by atoms with Crippen LogP contribution >= 0.6 is 0 Å². The number of piperazine rings is 1. The summed E-state index contributed by atoms with van der Waals surface area (Å²) in [6.07, 6.45) is 0. The molecule has 0 saturated carbocycles. The molecule has 3 rings (SSSR count). The SMILES string of the molecule is Cc1ccc(-c2nnc(C[NH+]3CC[NH+](C)CC3)o2)cc1. The second-order valence-electron chi connectivity index (χ2n) is 5.75. The van der Waals surface area contributed by atoms with Gasteiger partial charge in [0.25, 0.3) is 5.89 Å². The lowest BCUT2D eigenvalue weighted by Crippen LogP contribution is -3.26. The zero-order chi connectivity index (χ0) is 13.9. The van der Waals surface area contributed by atoms with Crippen molar-refractivity contribution in [3.63, 3.8) is 0 Å². The first-order chi connectivity index (χ1) is 9.70. The summed E-state index contributed by atoms with van der Waals surface area (Å²) in [7, 11) is 2.25. The van der Waals surface area contributed by atoms with Crippen molar-refractivity contribution in [1.82, 2.24) is 10.2 Å². The summed E-state index contributed by atoms with van der Waals surface area (Å²) in [5.41, 5.74) is 2.23. The van der Waals surface area contributed by atoms with Gasteiger partial charge in [0.05, 0.1) is 7.05 Å². The topological polar surface area (TPSA) is 47.8 Å². The number of quaternary nitrogens is 2. The highest BCUT2D eigenvalue weighted by atomic mass is 16.4. The number of hydrogen-bond acceptors (Lipinski definition) is 3. The highest BCUT2D eigenvalue weighted by Crippen LogP contribution is 2.17. The summed E-state index contributed by atoms with van der Waals surface area (Å²) >= 11 is 0. The van der Waals surface area contributed by atoms with Crippen LogP contribution < -0.4 is 9.80 Å². The van der Waals surface area contributed by atoms with Gasteiger partial charge < -0.3 is 14.2 Å². The van der Waals surface area contributed by atoms with Crippen molar-refractivity contribution < 1.29 is 14.2 Å². The summed E-state index contributed by atoms with van der Waals surface area (Å²) in [5, 5.41) is 8.35. The Bertz CT molecular complexity index is 556. The van der Waals surface area contributed by atoms with Crippen LogP contribution in [0.3, 0.4) is 0 Å². The van der Waals surface area contributed by atoms with Crippen molar-refractivity contribution in [2.24, 2.45) is 0 Å². The van der Waals surface area contributed by atoms with E-state index in [-0.39, 0.29) is 0 Å². The fraction of sp³-hybridized carbons (Fsp3) is 0.467. The number of likely N-dealkylation sites (N-methyl/N-ethyl adjacent to an activating group) is 1. The van der Waals surface area contributed by atoms with Crippen molar-refractivity contribution in [2.45, 2.75) is 13.5 Å². The number of nitrogens with one attached hydrogen (secondary N) is 2. The van der Waals surface area contributed by atoms with Gasteiger partial charge in [-0.1, -0.05) is 17.7 Å². The summed E-state index contributed by atoms with van der Waals surface area (Å²) in [4.78, 5) is 3.15. The summed E-state index contributed by atoms with van der Waals surface area (Å²) in [6.45, 7) is 7.69. The Morgan fingerprint density at radius 1 is 1.05 bits per heavy atom. The molecule has 1 saturated heterocycles. The van der Waals surface area contributed by atoms with Gasteiger partial charge in [-0.3, -0.25) is 0 Å². The lowest BCUT2D eigenvalue weighted by atomic mass is 10.1. The molecule has 2 N–H and O–H groups in total. The van der Waals surface area contributed by atoms with E-state index in [9.17, 15) is 0 Å². The number of rotatable bonds is 3.